The fourth-order valence-corrected chi connectivity index (χ4v) is 3.37. The van der Waals surface area contributed by atoms with Crippen LogP contribution >= 0.6 is 0 Å². The van der Waals surface area contributed by atoms with Crippen LogP contribution in [0.1, 0.15) is 36.1 Å². The fraction of sp³-hybridized carbons (Fsp3) is 0.238. The summed E-state index contributed by atoms with van der Waals surface area (Å²) in [6.07, 6.45) is -4.53. The summed E-state index contributed by atoms with van der Waals surface area (Å²) < 4.78 is 41.3. The molecule has 1 heterocycles. The number of benzene rings is 2. The van der Waals surface area contributed by atoms with Crippen LogP contribution in [0.4, 0.5) is 13.2 Å². The Morgan fingerprint density at radius 3 is 2.24 bits per heavy atom. The van der Waals surface area contributed by atoms with Crippen LogP contribution in [0.3, 0.4) is 0 Å². The van der Waals surface area contributed by atoms with Crippen molar-refractivity contribution in [3.8, 4) is 11.6 Å². The molecule has 2 N–H and O–H groups in total. The summed E-state index contributed by atoms with van der Waals surface area (Å²) in [5, 5.41) is 15.3. The third-order valence-electron chi connectivity index (χ3n) is 4.48. The summed E-state index contributed by atoms with van der Waals surface area (Å²) in [5.74, 6) is -0.655. The van der Waals surface area contributed by atoms with Crippen molar-refractivity contribution < 1.29 is 23.1 Å². The van der Waals surface area contributed by atoms with E-state index in [9.17, 15) is 23.1 Å². The molecule has 0 radical (unpaired) electrons. The van der Waals surface area contributed by atoms with E-state index in [2.05, 4.69) is 10.5 Å². The highest BCUT2D eigenvalue weighted by molar-refractivity contribution is 6.13. The summed E-state index contributed by atoms with van der Waals surface area (Å²) in [6, 6.07) is 8.74. The van der Waals surface area contributed by atoms with E-state index >= 15 is 0 Å². The minimum absolute atomic E-state index is 0.190. The predicted octanol–water partition coefficient (Wildman–Crippen LogP) is 4.83. The summed E-state index contributed by atoms with van der Waals surface area (Å²) >= 11 is 0. The second-order valence-corrected chi connectivity index (χ2v) is 6.97. The molecule has 0 spiro atoms. The summed E-state index contributed by atoms with van der Waals surface area (Å²) in [7, 11) is 0. The fourth-order valence-electron chi connectivity index (χ4n) is 3.37. The molecule has 0 atom stereocenters. The van der Waals surface area contributed by atoms with Crippen molar-refractivity contribution in [2.24, 2.45) is 5.10 Å². The smallest absolute Gasteiger partial charge is 0.416 e. The molecule has 0 saturated heterocycles. The van der Waals surface area contributed by atoms with Crippen molar-refractivity contribution in [3.05, 3.63) is 58.7 Å². The first-order chi connectivity index (χ1) is 13.5. The molecule has 0 aliphatic rings. The molecule has 0 saturated carbocycles. The summed E-state index contributed by atoms with van der Waals surface area (Å²) in [4.78, 5) is 11.2. The number of rotatable bonds is 3. The molecule has 0 fully saturated rings. The maximum absolute atomic E-state index is 13.3. The summed E-state index contributed by atoms with van der Waals surface area (Å²) in [5.41, 5.74) is 4.51. The molecule has 29 heavy (non-hydrogen) atoms. The molecule has 0 unspecified atom stereocenters. The van der Waals surface area contributed by atoms with E-state index in [1.807, 2.05) is 19.9 Å². The largest absolute Gasteiger partial charge is 0.494 e. The Morgan fingerprint density at radius 1 is 1.07 bits per heavy atom. The normalized spacial score (nSPS) is 12.4. The number of carbonyl (C=O) groups is 1. The lowest BCUT2D eigenvalue weighted by atomic mass is 10.1. The van der Waals surface area contributed by atoms with E-state index < -0.39 is 17.6 Å². The molecule has 1 amide bonds. The van der Waals surface area contributed by atoms with Gasteiger partial charge < -0.3 is 5.11 Å². The number of aryl methyl sites for hydroxylation is 2. The first-order valence-electron chi connectivity index (χ1n) is 8.83. The van der Waals surface area contributed by atoms with Crippen LogP contribution in [-0.4, -0.2) is 21.3 Å². The lowest BCUT2D eigenvalue weighted by molar-refractivity contribution is -0.137. The number of aromatic hydroxyl groups is 1. The van der Waals surface area contributed by atoms with Crippen LogP contribution < -0.4 is 5.43 Å². The average molecular weight is 403 g/mol. The van der Waals surface area contributed by atoms with Crippen LogP contribution in [0.5, 0.6) is 5.88 Å². The van der Waals surface area contributed by atoms with Gasteiger partial charge in [0.1, 0.15) is 0 Å². The number of hydrogen-bond donors (Lipinski definition) is 2. The van der Waals surface area contributed by atoms with Gasteiger partial charge in [0.2, 0.25) is 11.8 Å². The summed E-state index contributed by atoms with van der Waals surface area (Å²) in [6.45, 7) is 6.58. The van der Waals surface area contributed by atoms with E-state index in [-0.39, 0.29) is 22.7 Å². The zero-order valence-corrected chi connectivity index (χ0v) is 16.3. The zero-order chi connectivity index (χ0) is 21.5. The van der Waals surface area contributed by atoms with Gasteiger partial charge in [-0.1, -0.05) is 12.1 Å². The molecular weight excluding hydrogens is 383 g/mol. The molecule has 0 aliphatic carbocycles. The number of nitrogens with zero attached hydrogens (tertiary/aromatic N) is 2. The number of hydrogen-bond acceptors (Lipinski definition) is 3. The molecule has 3 rings (SSSR count). The Kier molecular flexibility index (Phi) is 5.13. The third kappa shape index (κ3) is 3.96. The van der Waals surface area contributed by atoms with Crippen molar-refractivity contribution in [1.82, 2.24) is 9.99 Å². The van der Waals surface area contributed by atoms with Gasteiger partial charge >= 0.3 is 6.18 Å². The van der Waals surface area contributed by atoms with E-state index in [1.165, 1.54) is 17.6 Å². The maximum atomic E-state index is 13.3. The van der Waals surface area contributed by atoms with Crippen LogP contribution in [-0.2, 0) is 11.0 Å². The lowest BCUT2D eigenvalue weighted by Gasteiger charge is -2.11. The average Bonchev–Trinajstić information content (AvgIpc) is 2.89. The molecule has 0 aliphatic heterocycles. The quantitative estimate of drug-likeness (QED) is 0.486. The van der Waals surface area contributed by atoms with Gasteiger partial charge in [-0.15, -0.1) is 0 Å². The number of aromatic nitrogens is 1. The molecule has 8 heteroatoms. The van der Waals surface area contributed by atoms with Crippen LogP contribution in [0.25, 0.3) is 16.6 Å². The minimum atomic E-state index is -4.53. The van der Waals surface area contributed by atoms with Gasteiger partial charge in [0.15, 0.2) is 0 Å². The number of nitrogens with one attached hydrogen (secondary N) is 1. The zero-order valence-electron chi connectivity index (χ0n) is 16.3. The van der Waals surface area contributed by atoms with Crippen molar-refractivity contribution in [1.29, 1.82) is 0 Å². The Balaban J connectivity index is 2.37. The highest BCUT2D eigenvalue weighted by Crippen LogP contribution is 2.39. The van der Waals surface area contributed by atoms with Crippen LogP contribution in [0.15, 0.2) is 41.5 Å². The first-order valence-corrected chi connectivity index (χ1v) is 8.83. The Bertz CT molecular complexity index is 1120. The van der Waals surface area contributed by atoms with Gasteiger partial charge in [-0.2, -0.15) is 18.3 Å². The second kappa shape index (κ2) is 7.27. The number of hydrazone groups is 1. The molecular formula is C21H20F3N3O2. The Morgan fingerprint density at radius 2 is 1.69 bits per heavy atom. The monoisotopic (exact) mass is 403 g/mol. The Labute approximate surface area is 165 Å². The van der Waals surface area contributed by atoms with Crippen molar-refractivity contribution in [2.45, 2.75) is 33.9 Å². The van der Waals surface area contributed by atoms with Gasteiger partial charge in [0.05, 0.1) is 22.4 Å². The second-order valence-electron chi connectivity index (χ2n) is 6.97. The highest BCUT2D eigenvalue weighted by Gasteiger charge is 2.32. The van der Waals surface area contributed by atoms with Gasteiger partial charge in [-0.25, -0.2) is 5.43 Å². The van der Waals surface area contributed by atoms with Gasteiger partial charge in [-0.05, 0) is 56.2 Å². The van der Waals surface area contributed by atoms with Crippen molar-refractivity contribution >= 4 is 22.5 Å². The SMILES string of the molecule is CC(=O)NN=C(C)c1c(O)n(-c2cc(C)cc(C)c2)c2cc(C(F)(F)F)ccc12. The molecule has 5 nitrogen and oxygen atoms in total. The van der Waals surface area contributed by atoms with E-state index in [0.717, 1.165) is 23.3 Å². The number of amides is 1. The lowest BCUT2D eigenvalue weighted by Crippen LogP contribution is -2.15. The number of alkyl halides is 3. The predicted molar refractivity (Wildman–Crippen MR) is 105 cm³/mol. The maximum Gasteiger partial charge on any atom is 0.416 e. The van der Waals surface area contributed by atoms with E-state index in [0.29, 0.717) is 11.1 Å². The Hall–Kier alpha value is -3.29. The van der Waals surface area contributed by atoms with Gasteiger partial charge in [0, 0.05) is 18.0 Å². The molecule has 1 aromatic heterocycles. The van der Waals surface area contributed by atoms with Crippen LogP contribution in [0.2, 0.25) is 0 Å². The van der Waals surface area contributed by atoms with E-state index in [1.54, 1.807) is 19.1 Å². The highest BCUT2D eigenvalue weighted by atomic mass is 19.4. The minimum Gasteiger partial charge on any atom is -0.494 e. The number of carbonyl (C=O) groups excluding carboxylic acids is 1. The van der Waals surface area contributed by atoms with Crippen molar-refractivity contribution in [3.63, 3.8) is 0 Å². The number of fused-ring (bicyclic) bond motifs is 1. The standard InChI is InChI=1S/C21H20F3N3O2/c1-11-7-12(2)9-16(8-11)27-18-10-15(21(22,23)24)5-6-17(18)19(20(27)29)13(3)25-26-14(4)28/h5-10,29H,1-4H3,(H,26,28). The number of halogens is 3. The topological polar surface area (TPSA) is 66.6 Å². The molecule has 2 aromatic carbocycles. The van der Waals surface area contributed by atoms with E-state index in [4.69, 9.17) is 0 Å². The molecule has 3 aromatic rings. The van der Waals surface area contributed by atoms with Crippen LogP contribution in [0, 0.1) is 13.8 Å². The van der Waals surface area contributed by atoms with Gasteiger partial charge in [0.25, 0.3) is 0 Å². The first kappa shape index (κ1) is 20.4. The molecule has 152 valence electrons. The third-order valence-corrected chi connectivity index (χ3v) is 4.48. The van der Waals surface area contributed by atoms with Gasteiger partial charge in [-0.3, -0.25) is 9.36 Å². The van der Waals surface area contributed by atoms with Crippen molar-refractivity contribution in [2.75, 3.05) is 0 Å². The molecule has 0 bridgehead atoms.